The van der Waals surface area contributed by atoms with Crippen molar-refractivity contribution in [3.8, 4) is 0 Å². The number of rotatable bonds is 52. The standard InChI is InChI=1S/C66H115NO10/c1-4-7-10-13-16-19-22-25-27-29-31-32-35-38-41-44-47-50-53-59(70)65(74)67-57(58(69)52-49-46-43-40-37-34-24-21-18-15-12-9-6-3)56-75-66-64(63(73)62(72)60(55-68)76-66)77-61(71)54-51-48-45-42-39-36-33-30-28-26-23-20-17-14-11-8-5-2/h16-17,19-20,25-28,31-33,36,49,52,57-60,62-64,66,68-70,72-73H,4-15,18,21-24,29-30,34-35,37-48,50-51,53-56H2,1-3H3,(H,67,74)/b19-16-,20-17-,27-25-,28-26-,32-31-,36-33-,52-49+. The van der Waals surface area contributed by atoms with Crippen LogP contribution in [0.2, 0.25) is 0 Å². The van der Waals surface area contributed by atoms with Gasteiger partial charge >= 0.3 is 5.97 Å². The number of allylic oxidation sites excluding steroid dienone is 13. The molecule has 0 bridgehead atoms. The van der Waals surface area contributed by atoms with Crippen LogP contribution in [0.4, 0.5) is 0 Å². The molecule has 0 aromatic rings. The van der Waals surface area contributed by atoms with Crippen LogP contribution < -0.4 is 5.32 Å². The molecular formula is C66H115NO10. The van der Waals surface area contributed by atoms with Crippen molar-refractivity contribution >= 4 is 11.9 Å². The first-order valence-electron chi connectivity index (χ1n) is 31.4. The monoisotopic (exact) mass is 1080 g/mol. The van der Waals surface area contributed by atoms with Crippen molar-refractivity contribution in [2.24, 2.45) is 0 Å². The molecule has 1 heterocycles. The number of hydrogen-bond donors (Lipinski definition) is 6. The zero-order chi connectivity index (χ0) is 56.1. The minimum absolute atomic E-state index is 0.0929. The smallest absolute Gasteiger partial charge is 0.306 e. The molecule has 1 aliphatic heterocycles. The fourth-order valence-corrected chi connectivity index (χ4v) is 9.25. The van der Waals surface area contributed by atoms with Crippen LogP contribution in [0, 0.1) is 0 Å². The summed E-state index contributed by atoms with van der Waals surface area (Å²) in [5, 5.41) is 57.0. The number of aliphatic hydroxyl groups excluding tert-OH is 5. The first kappa shape index (κ1) is 71.9. The van der Waals surface area contributed by atoms with Gasteiger partial charge in [-0.3, -0.25) is 9.59 Å². The van der Waals surface area contributed by atoms with Gasteiger partial charge < -0.3 is 45.1 Å². The number of esters is 1. The fourth-order valence-electron chi connectivity index (χ4n) is 9.25. The number of ether oxygens (including phenoxy) is 3. The minimum atomic E-state index is -1.63. The summed E-state index contributed by atoms with van der Waals surface area (Å²) >= 11 is 0. The summed E-state index contributed by atoms with van der Waals surface area (Å²) in [6, 6.07) is -1.04. The molecule has 1 amide bonds. The van der Waals surface area contributed by atoms with Gasteiger partial charge in [-0.05, 0) is 103 Å². The Morgan fingerprint density at radius 1 is 0.506 bits per heavy atom. The van der Waals surface area contributed by atoms with Crippen molar-refractivity contribution in [3.63, 3.8) is 0 Å². The summed E-state index contributed by atoms with van der Waals surface area (Å²) in [6.07, 6.45) is 58.9. The minimum Gasteiger partial charge on any atom is -0.454 e. The van der Waals surface area contributed by atoms with Crippen molar-refractivity contribution < 1.29 is 49.3 Å². The molecule has 0 aliphatic carbocycles. The van der Waals surface area contributed by atoms with Gasteiger partial charge in [0.2, 0.25) is 5.91 Å². The highest BCUT2D eigenvalue weighted by Gasteiger charge is 2.47. The van der Waals surface area contributed by atoms with E-state index in [0.29, 0.717) is 12.8 Å². The Morgan fingerprint density at radius 2 is 0.896 bits per heavy atom. The topological polar surface area (TPSA) is 175 Å². The quantitative estimate of drug-likeness (QED) is 0.0195. The van der Waals surface area contributed by atoms with Gasteiger partial charge in [-0.25, -0.2) is 0 Å². The van der Waals surface area contributed by atoms with Gasteiger partial charge in [0.25, 0.3) is 0 Å². The van der Waals surface area contributed by atoms with E-state index in [9.17, 15) is 35.1 Å². The molecule has 11 nitrogen and oxygen atoms in total. The van der Waals surface area contributed by atoms with Gasteiger partial charge in [0, 0.05) is 6.42 Å². The van der Waals surface area contributed by atoms with Crippen molar-refractivity contribution in [2.75, 3.05) is 13.2 Å². The number of aliphatic hydroxyl groups is 5. The highest BCUT2D eigenvalue weighted by Crippen LogP contribution is 2.26. The molecule has 11 heteroatoms. The molecule has 0 aromatic heterocycles. The fraction of sp³-hybridized carbons (Fsp3) is 0.758. The SMILES string of the molecule is CCCCC/C=C\C/C=C\C/C=C\CCCCCCCC(O)C(=O)NC(COC1OC(CO)C(O)C(O)C1OC(=O)CCCCCC/C=C\C/C=C\C/C=C\CCCCC)C(O)/C=C/CCCCCCCCCCCCC. The molecule has 0 radical (unpaired) electrons. The van der Waals surface area contributed by atoms with Crippen LogP contribution in [-0.2, 0) is 23.8 Å². The third kappa shape index (κ3) is 41.5. The second kappa shape index (κ2) is 53.5. The van der Waals surface area contributed by atoms with Crippen LogP contribution in [0.1, 0.15) is 258 Å². The molecule has 6 N–H and O–H groups in total. The van der Waals surface area contributed by atoms with E-state index in [1.54, 1.807) is 6.08 Å². The molecule has 8 atom stereocenters. The molecule has 77 heavy (non-hydrogen) atoms. The van der Waals surface area contributed by atoms with E-state index in [1.165, 1.54) is 103 Å². The molecule has 1 fully saturated rings. The van der Waals surface area contributed by atoms with Gasteiger partial charge in [-0.1, -0.05) is 234 Å². The van der Waals surface area contributed by atoms with E-state index in [-0.39, 0.29) is 19.4 Å². The Kier molecular flexibility index (Phi) is 49.9. The Labute approximate surface area is 470 Å². The molecule has 0 saturated carbocycles. The van der Waals surface area contributed by atoms with Crippen molar-refractivity contribution in [1.29, 1.82) is 0 Å². The summed E-state index contributed by atoms with van der Waals surface area (Å²) in [6.45, 7) is 5.71. The maximum Gasteiger partial charge on any atom is 0.306 e. The van der Waals surface area contributed by atoms with Crippen molar-refractivity contribution in [1.82, 2.24) is 5.32 Å². The lowest BCUT2D eigenvalue weighted by Crippen LogP contribution is -2.61. The number of amides is 1. The lowest BCUT2D eigenvalue weighted by molar-refractivity contribution is -0.305. The van der Waals surface area contributed by atoms with Crippen molar-refractivity contribution in [2.45, 2.75) is 307 Å². The van der Waals surface area contributed by atoms with Gasteiger partial charge in [0.15, 0.2) is 12.4 Å². The average molecular weight is 1080 g/mol. The first-order valence-corrected chi connectivity index (χ1v) is 31.4. The largest absolute Gasteiger partial charge is 0.454 e. The molecule has 444 valence electrons. The van der Waals surface area contributed by atoms with E-state index < -0.39 is 67.4 Å². The van der Waals surface area contributed by atoms with Gasteiger partial charge in [-0.2, -0.15) is 0 Å². The van der Waals surface area contributed by atoms with Crippen LogP contribution in [-0.4, -0.2) is 99.6 Å². The lowest BCUT2D eigenvalue weighted by Gasteiger charge is -2.41. The zero-order valence-corrected chi connectivity index (χ0v) is 49.1. The number of hydrogen-bond acceptors (Lipinski definition) is 10. The zero-order valence-electron chi connectivity index (χ0n) is 49.1. The molecule has 0 spiro atoms. The van der Waals surface area contributed by atoms with Crippen molar-refractivity contribution in [3.05, 3.63) is 85.1 Å². The maximum absolute atomic E-state index is 13.4. The van der Waals surface area contributed by atoms with Crippen LogP contribution in [0.25, 0.3) is 0 Å². The third-order valence-electron chi connectivity index (χ3n) is 14.3. The second-order valence-corrected chi connectivity index (χ2v) is 21.4. The van der Waals surface area contributed by atoms with E-state index >= 15 is 0 Å². The van der Waals surface area contributed by atoms with Crippen LogP contribution in [0.15, 0.2) is 85.1 Å². The molecule has 1 rings (SSSR count). The van der Waals surface area contributed by atoms with E-state index in [0.717, 1.165) is 109 Å². The first-order chi connectivity index (χ1) is 37.7. The summed E-state index contributed by atoms with van der Waals surface area (Å²) in [5.74, 6) is -1.23. The van der Waals surface area contributed by atoms with E-state index in [4.69, 9.17) is 14.2 Å². The maximum atomic E-state index is 13.4. The van der Waals surface area contributed by atoms with Crippen LogP contribution >= 0.6 is 0 Å². The average Bonchev–Trinajstić information content (AvgIpc) is 3.43. The predicted molar refractivity (Wildman–Crippen MR) is 319 cm³/mol. The molecular weight excluding hydrogens is 967 g/mol. The normalized spacial score (nSPS) is 19.6. The summed E-state index contributed by atoms with van der Waals surface area (Å²) in [7, 11) is 0. The second-order valence-electron chi connectivity index (χ2n) is 21.4. The molecule has 8 unspecified atom stereocenters. The van der Waals surface area contributed by atoms with Crippen LogP contribution in [0.3, 0.4) is 0 Å². The Morgan fingerprint density at radius 3 is 1.36 bits per heavy atom. The van der Waals surface area contributed by atoms with Gasteiger partial charge in [0.05, 0.1) is 25.4 Å². The highest BCUT2D eigenvalue weighted by atomic mass is 16.7. The Hall–Kier alpha value is -3.16. The Balaban J connectivity index is 2.73. The van der Waals surface area contributed by atoms with Crippen LogP contribution in [0.5, 0.6) is 0 Å². The summed E-state index contributed by atoms with van der Waals surface area (Å²) in [5.41, 5.74) is 0. The predicted octanol–water partition coefficient (Wildman–Crippen LogP) is 14.9. The number of carbonyl (C=O) groups is 2. The molecule has 1 saturated heterocycles. The molecule has 1 aliphatic rings. The number of unbranched alkanes of at least 4 members (excludes halogenated alkanes) is 26. The van der Waals surface area contributed by atoms with E-state index in [1.807, 2.05) is 6.08 Å². The Bertz CT molecular complexity index is 1570. The highest BCUT2D eigenvalue weighted by molar-refractivity contribution is 5.80. The van der Waals surface area contributed by atoms with E-state index in [2.05, 4.69) is 99.0 Å². The number of nitrogens with one attached hydrogen (secondary N) is 1. The lowest BCUT2D eigenvalue weighted by atomic mass is 9.99. The summed E-state index contributed by atoms with van der Waals surface area (Å²) in [4.78, 5) is 26.5. The molecule has 0 aromatic carbocycles. The van der Waals surface area contributed by atoms with Gasteiger partial charge in [-0.15, -0.1) is 0 Å². The third-order valence-corrected chi connectivity index (χ3v) is 14.3. The number of carbonyl (C=O) groups excluding carboxylic acids is 2. The van der Waals surface area contributed by atoms with Gasteiger partial charge in [0.1, 0.15) is 24.4 Å². The summed E-state index contributed by atoms with van der Waals surface area (Å²) < 4.78 is 17.6.